The van der Waals surface area contributed by atoms with Gasteiger partial charge in [-0.2, -0.15) is 0 Å². The van der Waals surface area contributed by atoms with Crippen LogP contribution in [0.3, 0.4) is 0 Å². The number of hydrogen-bond donors (Lipinski definition) is 1. The fourth-order valence-electron chi connectivity index (χ4n) is 1.64. The van der Waals surface area contributed by atoms with Gasteiger partial charge in [-0.1, -0.05) is 48.0 Å². The van der Waals surface area contributed by atoms with E-state index >= 15 is 0 Å². The SMILES string of the molecule is CCC1CCSC(Nc2cccc(Cl)c2Cl)=N1. The van der Waals surface area contributed by atoms with Gasteiger partial charge in [0.25, 0.3) is 0 Å². The van der Waals surface area contributed by atoms with Gasteiger partial charge in [0.15, 0.2) is 5.17 Å². The van der Waals surface area contributed by atoms with Crippen LogP contribution in [0.5, 0.6) is 0 Å². The third-order valence-electron chi connectivity index (χ3n) is 2.65. The lowest BCUT2D eigenvalue weighted by Gasteiger charge is -2.20. The van der Waals surface area contributed by atoms with Gasteiger partial charge < -0.3 is 5.32 Å². The summed E-state index contributed by atoms with van der Waals surface area (Å²) in [6.45, 7) is 2.16. The molecular formula is C12H14Cl2N2S. The maximum absolute atomic E-state index is 6.12. The average molecular weight is 289 g/mol. The van der Waals surface area contributed by atoms with Crippen molar-refractivity contribution in [2.45, 2.75) is 25.8 Å². The van der Waals surface area contributed by atoms with Gasteiger partial charge in [0, 0.05) is 5.75 Å². The minimum atomic E-state index is 0.428. The van der Waals surface area contributed by atoms with Crippen LogP contribution in [0.1, 0.15) is 19.8 Å². The molecule has 0 radical (unpaired) electrons. The molecular weight excluding hydrogens is 275 g/mol. The maximum atomic E-state index is 6.12. The van der Waals surface area contributed by atoms with E-state index in [1.165, 1.54) is 0 Å². The van der Waals surface area contributed by atoms with Gasteiger partial charge in [-0.25, -0.2) is 0 Å². The summed E-state index contributed by atoms with van der Waals surface area (Å²) in [6, 6.07) is 5.99. The van der Waals surface area contributed by atoms with E-state index in [0.717, 1.165) is 29.4 Å². The zero-order valence-electron chi connectivity index (χ0n) is 9.54. The van der Waals surface area contributed by atoms with Gasteiger partial charge in [-0.3, -0.25) is 4.99 Å². The van der Waals surface area contributed by atoms with Crippen molar-refractivity contribution in [3.8, 4) is 0 Å². The van der Waals surface area contributed by atoms with E-state index in [2.05, 4.69) is 17.2 Å². The molecule has 1 aliphatic heterocycles. The van der Waals surface area contributed by atoms with Gasteiger partial charge in [0.2, 0.25) is 0 Å². The van der Waals surface area contributed by atoms with E-state index < -0.39 is 0 Å². The number of rotatable bonds is 2. The molecule has 2 rings (SSSR count). The molecule has 0 aromatic heterocycles. The van der Waals surface area contributed by atoms with Crippen molar-refractivity contribution >= 4 is 45.8 Å². The second-order valence-electron chi connectivity index (χ2n) is 3.86. The van der Waals surface area contributed by atoms with Crippen LogP contribution >= 0.6 is 35.0 Å². The lowest BCUT2D eigenvalue weighted by Crippen LogP contribution is -2.19. The lowest BCUT2D eigenvalue weighted by molar-refractivity contribution is 0.634. The number of benzene rings is 1. The quantitative estimate of drug-likeness (QED) is 0.855. The molecule has 1 aromatic carbocycles. The minimum absolute atomic E-state index is 0.428. The van der Waals surface area contributed by atoms with E-state index in [0.29, 0.717) is 16.1 Å². The monoisotopic (exact) mass is 288 g/mol. The predicted molar refractivity (Wildman–Crippen MR) is 78.7 cm³/mol. The molecule has 0 saturated carbocycles. The Labute approximate surface area is 116 Å². The minimum Gasteiger partial charge on any atom is -0.334 e. The van der Waals surface area contributed by atoms with Crippen molar-refractivity contribution in [3.63, 3.8) is 0 Å². The van der Waals surface area contributed by atoms with Crippen molar-refractivity contribution in [1.82, 2.24) is 0 Å². The average Bonchev–Trinajstić information content (AvgIpc) is 2.35. The van der Waals surface area contributed by atoms with Crippen LogP contribution in [0.25, 0.3) is 0 Å². The van der Waals surface area contributed by atoms with Crippen LogP contribution in [0.2, 0.25) is 10.0 Å². The van der Waals surface area contributed by atoms with Gasteiger partial charge in [-0.15, -0.1) is 0 Å². The highest BCUT2D eigenvalue weighted by Gasteiger charge is 2.15. The van der Waals surface area contributed by atoms with Crippen molar-refractivity contribution < 1.29 is 0 Å². The summed E-state index contributed by atoms with van der Waals surface area (Å²) in [7, 11) is 0. The maximum Gasteiger partial charge on any atom is 0.161 e. The standard InChI is InChI=1S/C12H14Cl2N2S/c1-2-8-6-7-17-12(15-8)16-10-5-3-4-9(13)11(10)14/h3-5,8H,2,6-7H2,1H3,(H,15,16). The fourth-order valence-corrected chi connectivity index (χ4v) is 2.98. The van der Waals surface area contributed by atoms with Crippen LogP contribution in [-0.4, -0.2) is 17.0 Å². The zero-order chi connectivity index (χ0) is 12.3. The number of anilines is 1. The van der Waals surface area contributed by atoms with Crippen LogP contribution in [0.15, 0.2) is 23.2 Å². The first-order valence-electron chi connectivity index (χ1n) is 5.62. The Kier molecular flexibility index (Phi) is 4.60. The highest BCUT2D eigenvalue weighted by Crippen LogP contribution is 2.31. The van der Waals surface area contributed by atoms with E-state index in [4.69, 9.17) is 23.2 Å². The number of nitrogens with one attached hydrogen (secondary N) is 1. The molecule has 92 valence electrons. The first kappa shape index (κ1) is 13.1. The van der Waals surface area contributed by atoms with Crippen molar-refractivity contribution in [1.29, 1.82) is 0 Å². The molecule has 1 aliphatic rings. The Morgan fingerprint density at radius 3 is 3.06 bits per heavy atom. The Morgan fingerprint density at radius 2 is 2.29 bits per heavy atom. The number of thioether (sulfide) groups is 1. The molecule has 0 bridgehead atoms. The van der Waals surface area contributed by atoms with Crippen LogP contribution in [0.4, 0.5) is 5.69 Å². The zero-order valence-corrected chi connectivity index (χ0v) is 11.9. The number of nitrogens with zero attached hydrogens (tertiary/aromatic N) is 1. The first-order valence-corrected chi connectivity index (χ1v) is 7.36. The van der Waals surface area contributed by atoms with E-state index in [1.54, 1.807) is 17.8 Å². The molecule has 1 aromatic rings. The normalized spacial score (nSPS) is 19.9. The number of hydrogen-bond acceptors (Lipinski definition) is 3. The Bertz CT molecular complexity index is 435. The van der Waals surface area contributed by atoms with Crippen molar-refractivity contribution in [2.24, 2.45) is 4.99 Å². The van der Waals surface area contributed by atoms with Crippen molar-refractivity contribution in [3.05, 3.63) is 28.2 Å². The van der Waals surface area contributed by atoms with Crippen LogP contribution in [-0.2, 0) is 0 Å². The molecule has 1 unspecified atom stereocenters. The summed E-state index contributed by atoms with van der Waals surface area (Å²) in [6.07, 6.45) is 2.23. The molecule has 1 N–H and O–H groups in total. The van der Waals surface area contributed by atoms with E-state index in [1.807, 2.05) is 12.1 Å². The van der Waals surface area contributed by atoms with E-state index in [9.17, 15) is 0 Å². The summed E-state index contributed by atoms with van der Waals surface area (Å²) in [5, 5.41) is 5.30. The number of halogens is 2. The highest BCUT2D eigenvalue weighted by molar-refractivity contribution is 8.14. The van der Waals surface area contributed by atoms with Gasteiger partial charge in [-0.05, 0) is 25.0 Å². The highest BCUT2D eigenvalue weighted by atomic mass is 35.5. The fraction of sp³-hybridized carbons (Fsp3) is 0.417. The third-order valence-corrected chi connectivity index (χ3v) is 4.39. The molecule has 1 heterocycles. The summed E-state index contributed by atoms with van der Waals surface area (Å²) in [4.78, 5) is 4.63. The molecule has 5 heteroatoms. The molecule has 0 amide bonds. The number of amidine groups is 1. The Balaban J connectivity index is 2.15. The topological polar surface area (TPSA) is 24.4 Å². The molecule has 17 heavy (non-hydrogen) atoms. The number of aliphatic imine (C=N–C) groups is 1. The predicted octanol–water partition coefficient (Wildman–Crippen LogP) is 4.68. The largest absolute Gasteiger partial charge is 0.334 e. The second-order valence-corrected chi connectivity index (χ2v) is 5.73. The summed E-state index contributed by atoms with van der Waals surface area (Å²) >= 11 is 13.8. The van der Waals surface area contributed by atoms with Gasteiger partial charge >= 0.3 is 0 Å². The lowest BCUT2D eigenvalue weighted by atomic mass is 10.2. The summed E-state index contributed by atoms with van der Waals surface area (Å²) < 4.78 is 0. The first-order chi connectivity index (χ1) is 8.20. The molecule has 0 spiro atoms. The Morgan fingerprint density at radius 1 is 1.47 bits per heavy atom. The Hall–Kier alpha value is -0.380. The summed E-state index contributed by atoms with van der Waals surface area (Å²) in [5.74, 6) is 1.10. The molecule has 1 atom stereocenters. The second kappa shape index (κ2) is 5.98. The molecule has 0 fully saturated rings. The van der Waals surface area contributed by atoms with E-state index in [-0.39, 0.29) is 0 Å². The van der Waals surface area contributed by atoms with Gasteiger partial charge in [0.1, 0.15) is 0 Å². The molecule has 2 nitrogen and oxygen atoms in total. The van der Waals surface area contributed by atoms with Gasteiger partial charge in [0.05, 0.1) is 21.8 Å². The van der Waals surface area contributed by atoms with Crippen molar-refractivity contribution in [2.75, 3.05) is 11.1 Å². The third kappa shape index (κ3) is 3.30. The summed E-state index contributed by atoms with van der Waals surface area (Å²) in [5.41, 5.74) is 0.821. The van der Waals surface area contributed by atoms with Crippen LogP contribution < -0.4 is 5.32 Å². The molecule has 0 aliphatic carbocycles. The van der Waals surface area contributed by atoms with Crippen LogP contribution in [0, 0.1) is 0 Å². The smallest absolute Gasteiger partial charge is 0.161 e. The molecule has 0 saturated heterocycles.